The van der Waals surface area contributed by atoms with Crippen molar-refractivity contribution in [1.82, 2.24) is 10.2 Å². The molecule has 2 rings (SSSR count). The van der Waals surface area contributed by atoms with Crippen LogP contribution in [0.3, 0.4) is 0 Å². The van der Waals surface area contributed by atoms with Gasteiger partial charge in [0.2, 0.25) is 0 Å². The molecule has 0 aliphatic rings. The van der Waals surface area contributed by atoms with Crippen molar-refractivity contribution >= 4 is 15.9 Å². The van der Waals surface area contributed by atoms with Gasteiger partial charge in [-0.1, -0.05) is 41.1 Å². The molecule has 4 heteroatoms. The summed E-state index contributed by atoms with van der Waals surface area (Å²) < 4.78 is 6.70. The largest absolute Gasteiger partial charge is 0.468 e. The number of rotatable bonds is 7. The van der Waals surface area contributed by atoms with E-state index in [-0.39, 0.29) is 0 Å². The van der Waals surface area contributed by atoms with Crippen LogP contribution in [0.5, 0.6) is 0 Å². The van der Waals surface area contributed by atoms with Gasteiger partial charge in [0, 0.05) is 23.1 Å². The van der Waals surface area contributed by atoms with Gasteiger partial charge in [0.1, 0.15) is 5.76 Å². The lowest BCUT2D eigenvalue weighted by Crippen LogP contribution is -2.19. The Labute approximate surface area is 129 Å². The monoisotopic (exact) mass is 336 g/mol. The second-order valence-electron chi connectivity index (χ2n) is 4.91. The summed E-state index contributed by atoms with van der Waals surface area (Å²) >= 11 is 3.60. The molecule has 0 spiro atoms. The van der Waals surface area contributed by atoms with Crippen molar-refractivity contribution in [2.24, 2.45) is 0 Å². The number of halogens is 1. The fourth-order valence-corrected chi connectivity index (χ4v) is 2.58. The summed E-state index contributed by atoms with van der Waals surface area (Å²) in [4.78, 5) is 2.29. The fourth-order valence-electron chi connectivity index (χ4n) is 2.17. The van der Waals surface area contributed by atoms with Gasteiger partial charge in [-0.15, -0.1) is 0 Å². The second kappa shape index (κ2) is 7.62. The van der Waals surface area contributed by atoms with E-state index in [0.29, 0.717) is 0 Å². The highest BCUT2D eigenvalue weighted by atomic mass is 79.9. The predicted octanol–water partition coefficient (Wildman–Crippen LogP) is 3.78. The molecule has 0 unspecified atom stereocenters. The van der Waals surface area contributed by atoms with E-state index in [1.165, 1.54) is 11.1 Å². The first-order valence-electron chi connectivity index (χ1n) is 6.88. The smallest absolute Gasteiger partial charge is 0.122 e. The van der Waals surface area contributed by atoms with Crippen LogP contribution in [0.2, 0.25) is 0 Å². The van der Waals surface area contributed by atoms with Gasteiger partial charge in [-0.05, 0) is 31.3 Å². The van der Waals surface area contributed by atoms with Crippen LogP contribution in [0.15, 0.2) is 45.5 Å². The summed E-state index contributed by atoms with van der Waals surface area (Å²) in [7, 11) is 2.13. The quantitative estimate of drug-likeness (QED) is 0.833. The van der Waals surface area contributed by atoms with Crippen molar-refractivity contribution < 1.29 is 4.42 Å². The Hall–Kier alpha value is -1.10. The van der Waals surface area contributed by atoms with Crippen molar-refractivity contribution in [2.75, 3.05) is 13.6 Å². The van der Waals surface area contributed by atoms with E-state index in [1.807, 2.05) is 6.07 Å². The van der Waals surface area contributed by atoms with Crippen molar-refractivity contribution in [2.45, 2.75) is 26.6 Å². The lowest BCUT2D eigenvalue weighted by molar-refractivity contribution is 0.314. The van der Waals surface area contributed by atoms with Crippen molar-refractivity contribution in [3.8, 4) is 0 Å². The summed E-state index contributed by atoms with van der Waals surface area (Å²) in [5.41, 5.74) is 2.55. The van der Waals surface area contributed by atoms with E-state index >= 15 is 0 Å². The lowest BCUT2D eigenvalue weighted by Gasteiger charge is -2.17. The summed E-state index contributed by atoms with van der Waals surface area (Å²) in [5, 5.41) is 3.30. The third kappa shape index (κ3) is 4.20. The standard InChI is InChI=1S/C16H21BrN2O/c1-3-18-10-16-14(8-9-20-16)12-19(2)11-13-6-4-5-7-15(13)17/h4-9,18H,3,10-12H2,1-2H3. The Morgan fingerprint density at radius 1 is 1.15 bits per heavy atom. The van der Waals surface area contributed by atoms with Crippen molar-refractivity contribution in [3.63, 3.8) is 0 Å². The number of nitrogens with zero attached hydrogens (tertiary/aromatic N) is 1. The summed E-state index contributed by atoms with van der Waals surface area (Å²) in [6.07, 6.45) is 1.77. The molecule has 2 aromatic rings. The van der Waals surface area contributed by atoms with E-state index in [9.17, 15) is 0 Å². The number of hydrogen-bond acceptors (Lipinski definition) is 3. The maximum Gasteiger partial charge on any atom is 0.122 e. The minimum absolute atomic E-state index is 0.793. The van der Waals surface area contributed by atoms with E-state index in [1.54, 1.807) is 6.26 Å². The number of benzene rings is 1. The van der Waals surface area contributed by atoms with Gasteiger partial charge in [-0.3, -0.25) is 4.90 Å². The Bertz CT molecular complexity index is 539. The predicted molar refractivity (Wildman–Crippen MR) is 85.4 cm³/mol. The topological polar surface area (TPSA) is 28.4 Å². The molecule has 0 aliphatic carbocycles. The summed E-state index contributed by atoms with van der Waals surface area (Å²) in [6.45, 7) is 5.64. The van der Waals surface area contributed by atoms with Gasteiger partial charge in [-0.2, -0.15) is 0 Å². The average molecular weight is 337 g/mol. The van der Waals surface area contributed by atoms with E-state index in [4.69, 9.17) is 4.42 Å². The molecule has 1 aromatic carbocycles. The van der Waals surface area contributed by atoms with E-state index in [2.05, 4.69) is 64.4 Å². The SMILES string of the molecule is CCNCc1occc1CN(C)Cc1ccccc1Br. The molecule has 0 atom stereocenters. The molecular formula is C16H21BrN2O. The highest BCUT2D eigenvalue weighted by molar-refractivity contribution is 9.10. The third-order valence-electron chi connectivity index (χ3n) is 3.21. The van der Waals surface area contributed by atoms with Gasteiger partial charge in [0.05, 0.1) is 12.8 Å². The molecule has 1 aromatic heterocycles. The van der Waals surface area contributed by atoms with Gasteiger partial charge in [0.15, 0.2) is 0 Å². The minimum atomic E-state index is 0.793. The van der Waals surface area contributed by atoms with Crippen molar-refractivity contribution in [3.05, 3.63) is 58.0 Å². The first-order chi connectivity index (χ1) is 9.70. The zero-order chi connectivity index (χ0) is 14.4. The molecule has 0 saturated carbocycles. The molecule has 3 nitrogen and oxygen atoms in total. The zero-order valence-corrected chi connectivity index (χ0v) is 13.6. The van der Waals surface area contributed by atoms with Crippen LogP contribution in [0.4, 0.5) is 0 Å². The average Bonchev–Trinajstić information content (AvgIpc) is 2.86. The molecule has 0 fully saturated rings. The summed E-state index contributed by atoms with van der Waals surface area (Å²) in [5.74, 6) is 1.03. The molecule has 1 N–H and O–H groups in total. The van der Waals surface area contributed by atoms with Gasteiger partial charge < -0.3 is 9.73 Å². The Morgan fingerprint density at radius 3 is 2.65 bits per heavy atom. The van der Waals surface area contributed by atoms with Crippen LogP contribution in [-0.4, -0.2) is 18.5 Å². The van der Waals surface area contributed by atoms with Crippen LogP contribution in [-0.2, 0) is 19.6 Å². The molecular weight excluding hydrogens is 316 g/mol. The van der Waals surface area contributed by atoms with E-state index in [0.717, 1.165) is 36.4 Å². The maximum absolute atomic E-state index is 5.54. The van der Waals surface area contributed by atoms with E-state index < -0.39 is 0 Å². The van der Waals surface area contributed by atoms with Crippen LogP contribution >= 0.6 is 15.9 Å². The third-order valence-corrected chi connectivity index (χ3v) is 3.99. The molecule has 0 amide bonds. The molecule has 108 valence electrons. The molecule has 0 saturated heterocycles. The fraction of sp³-hybridized carbons (Fsp3) is 0.375. The minimum Gasteiger partial charge on any atom is -0.468 e. The number of furan rings is 1. The Morgan fingerprint density at radius 2 is 1.90 bits per heavy atom. The number of hydrogen-bond donors (Lipinski definition) is 1. The first-order valence-corrected chi connectivity index (χ1v) is 7.68. The molecule has 20 heavy (non-hydrogen) atoms. The highest BCUT2D eigenvalue weighted by Gasteiger charge is 2.10. The lowest BCUT2D eigenvalue weighted by atomic mass is 10.2. The van der Waals surface area contributed by atoms with Gasteiger partial charge >= 0.3 is 0 Å². The number of nitrogens with one attached hydrogen (secondary N) is 1. The highest BCUT2D eigenvalue weighted by Crippen LogP contribution is 2.19. The second-order valence-corrected chi connectivity index (χ2v) is 5.77. The van der Waals surface area contributed by atoms with Gasteiger partial charge in [0.25, 0.3) is 0 Å². The van der Waals surface area contributed by atoms with Crippen LogP contribution < -0.4 is 5.32 Å². The maximum atomic E-state index is 5.54. The zero-order valence-electron chi connectivity index (χ0n) is 12.0. The van der Waals surface area contributed by atoms with Crippen LogP contribution in [0, 0.1) is 0 Å². The van der Waals surface area contributed by atoms with Gasteiger partial charge in [-0.25, -0.2) is 0 Å². The molecule has 0 aliphatic heterocycles. The van der Waals surface area contributed by atoms with Crippen molar-refractivity contribution in [1.29, 1.82) is 0 Å². The first kappa shape index (κ1) is 15.3. The molecule has 0 bridgehead atoms. The normalized spacial score (nSPS) is 11.2. The molecule has 1 heterocycles. The Kier molecular flexibility index (Phi) is 5.83. The Balaban J connectivity index is 1.96. The van der Waals surface area contributed by atoms with Crippen LogP contribution in [0.1, 0.15) is 23.8 Å². The summed E-state index contributed by atoms with van der Waals surface area (Å²) in [6, 6.07) is 10.4. The van der Waals surface area contributed by atoms with Crippen LogP contribution in [0.25, 0.3) is 0 Å². The molecule has 0 radical (unpaired) electrons.